The van der Waals surface area contributed by atoms with E-state index in [1.807, 2.05) is 6.92 Å². The standard InChI is InChI=1S/C12H22N8O/c1-3-19(2)9(21)8-14-10-15-11(18-13)17-12(16-10)20-6-4-5-7-20/h3-8,13H2,1-2H3,(H2,14,15,16,17,18). The molecule has 116 valence electrons. The van der Waals surface area contributed by atoms with Crippen LogP contribution in [0.1, 0.15) is 19.8 Å². The number of hydrazine groups is 1. The number of nitrogens with one attached hydrogen (secondary N) is 2. The van der Waals surface area contributed by atoms with Crippen LogP contribution >= 0.6 is 0 Å². The van der Waals surface area contributed by atoms with E-state index in [0.29, 0.717) is 18.4 Å². The summed E-state index contributed by atoms with van der Waals surface area (Å²) in [7, 11) is 1.75. The Morgan fingerprint density at radius 1 is 1.29 bits per heavy atom. The molecule has 0 radical (unpaired) electrons. The number of rotatable bonds is 6. The van der Waals surface area contributed by atoms with Crippen LogP contribution in [0.2, 0.25) is 0 Å². The molecule has 0 bridgehead atoms. The Balaban J connectivity index is 2.07. The summed E-state index contributed by atoms with van der Waals surface area (Å²) in [5.74, 6) is 6.57. The van der Waals surface area contributed by atoms with Gasteiger partial charge in [0.2, 0.25) is 23.8 Å². The lowest BCUT2D eigenvalue weighted by molar-refractivity contribution is -0.127. The molecule has 2 heterocycles. The second kappa shape index (κ2) is 7.02. The van der Waals surface area contributed by atoms with E-state index in [1.165, 1.54) is 0 Å². The highest BCUT2D eigenvalue weighted by Crippen LogP contribution is 2.18. The molecule has 1 aliphatic rings. The molecule has 0 spiro atoms. The normalized spacial score (nSPS) is 14.1. The molecular weight excluding hydrogens is 272 g/mol. The zero-order valence-electron chi connectivity index (χ0n) is 12.5. The summed E-state index contributed by atoms with van der Waals surface area (Å²) >= 11 is 0. The number of aromatic nitrogens is 3. The Hall–Kier alpha value is -2.16. The number of anilines is 3. The fourth-order valence-corrected chi connectivity index (χ4v) is 2.03. The summed E-state index contributed by atoms with van der Waals surface area (Å²) in [5, 5.41) is 2.92. The van der Waals surface area contributed by atoms with Gasteiger partial charge >= 0.3 is 0 Å². The maximum Gasteiger partial charge on any atom is 0.243 e. The first-order valence-corrected chi connectivity index (χ1v) is 7.09. The van der Waals surface area contributed by atoms with Crippen molar-refractivity contribution in [3.8, 4) is 0 Å². The average Bonchev–Trinajstić information content (AvgIpc) is 3.05. The quantitative estimate of drug-likeness (QED) is 0.482. The van der Waals surface area contributed by atoms with E-state index in [2.05, 4.69) is 30.6 Å². The summed E-state index contributed by atoms with van der Waals surface area (Å²) < 4.78 is 0. The summed E-state index contributed by atoms with van der Waals surface area (Å²) in [6, 6.07) is 0. The van der Waals surface area contributed by atoms with Crippen LogP contribution in [0, 0.1) is 0 Å². The number of hydrogen-bond acceptors (Lipinski definition) is 8. The Morgan fingerprint density at radius 3 is 2.57 bits per heavy atom. The topological polar surface area (TPSA) is 112 Å². The average molecular weight is 294 g/mol. The van der Waals surface area contributed by atoms with Crippen molar-refractivity contribution in [3.05, 3.63) is 0 Å². The number of nitrogen functional groups attached to an aromatic ring is 1. The Morgan fingerprint density at radius 2 is 1.95 bits per heavy atom. The third-order valence-corrected chi connectivity index (χ3v) is 3.44. The minimum absolute atomic E-state index is 0.0251. The minimum atomic E-state index is -0.0251. The second-order valence-corrected chi connectivity index (χ2v) is 4.88. The van der Waals surface area contributed by atoms with E-state index in [4.69, 9.17) is 5.84 Å². The SMILES string of the molecule is CCN(C)C(=O)CNc1nc(NN)nc(N2CCCC2)n1. The fourth-order valence-electron chi connectivity index (χ4n) is 2.03. The predicted octanol–water partition coefficient (Wildman–Crippen LogP) is -0.352. The molecule has 0 atom stereocenters. The van der Waals surface area contributed by atoms with Crippen molar-refractivity contribution in [1.82, 2.24) is 19.9 Å². The highest BCUT2D eigenvalue weighted by molar-refractivity contribution is 5.80. The van der Waals surface area contributed by atoms with Gasteiger partial charge in [-0.05, 0) is 19.8 Å². The van der Waals surface area contributed by atoms with E-state index in [-0.39, 0.29) is 18.4 Å². The van der Waals surface area contributed by atoms with Crippen molar-refractivity contribution in [2.45, 2.75) is 19.8 Å². The second-order valence-electron chi connectivity index (χ2n) is 4.88. The zero-order chi connectivity index (χ0) is 15.2. The van der Waals surface area contributed by atoms with Crippen LogP contribution in [0.3, 0.4) is 0 Å². The van der Waals surface area contributed by atoms with Crippen LogP contribution in [0.4, 0.5) is 17.8 Å². The van der Waals surface area contributed by atoms with Gasteiger partial charge < -0.3 is 15.1 Å². The largest absolute Gasteiger partial charge is 0.345 e. The highest BCUT2D eigenvalue weighted by atomic mass is 16.2. The lowest BCUT2D eigenvalue weighted by Gasteiger charge is -2.17. The molecule has 1 aromatic rings. The summed E-state index contributed by atoms with van der Waals surface area (Å²) in [6.45, 7) is 4.56. The van der Waals surface area contributed by atoms with Gasteiger partial charge in [-0.3, -0.25) is 10.2 Å². The molecule has 0 saturated carbocycles. The molecule has 0 unspecified atom stereocenters. The lowest BCUT2D eigenvalue weighted by atomic mass is 10.4. The number of nitrogens with zero attached hydrogens (tertiary/aromatic N) is 5. The van der Waals surface area contributed by atoms with E-state index in [0.717, 1.165) is 25.9 Å². The number of hydrogen-bond donors (Lipinski definition) is 3. The van der Waals surface area contributed by atoms with Crippen LogP contribution in [0.5, 0.6) is 0 Å². The summed E-state index contributed by atoms with van der Waals surface area (Å²) in [6.07, 6.45) is 2.25. The summed E-state index contributed by atoms with van der Waals surface area (Å²) in [4.78, 5) is 28.2. The van der Waals surface area contributed by atoms with Gasteiger partial charge in [0, 0.05) is 26.7 Å². The molecule has 1 fully saturated rings. The maximum atomic E-state index is 11.8. The molecule has 1 aliphatic heterocycles. The highest BCUT2D eigenvalue weighted by Gasteiger charge is 2.17. The third kappa shape index (κ3) is 3.91. The Bertz CT molecular complexity index is 488. The molecule has 2 rings (SSSR count). The van der Waals surface area contributed by atoms with Gasteiger partial charge in [0.25, 0.3) is 0 Å². The lowest BCUT2D eigenvalue weighted by Crippen LogP contribution is -2.32. The number of carbonyl (C=O) groups is 1. The van der Waals surface area contributed by atoms with Crippen LogP contribution in [-0.4, -0.2) is 59.0 Å². The van der Waals surface area contributed by atoms with Gasteiger partial charge in [-0.25, -0.2) is 5.84 Å². The fraction of sp³-hybridized carbons (Fsp3) is 0.667. The predicted molar refractivity (Wildman–Crippen MR) is 80.9 cm³/mol. The molecule has 0 aliphatic carbocycles. The van der Waals surface area contributed by atoms with Gasteiger partial charge in [0.15, 0.2) is 0 Å². The number of amides is 1. The number of likely N-dealkylation sites (N-methyl/N-ethyl adjacent to an activating group) is 1. The van der Waals surface area contributed by atoms with Gasteiger partial charge in [0.1, 0.15) is 0 Å². The molecule has 9 nitrogen and oxygen atoms in total. The third-order valence-electron chi connectivity index (χ3n) is 3.44. The van der Waals surface area contributed by atoms with Crippen molar-refractivity contribution in [2.24, 2.45) is 5.84 Å². The van der Waals surface area contributed by atoms with Gasteiger partial charge in [-0.2, -0.15) is 15.0 Å². The summed E-state index contributed by atoms with van der Waals surface area (Å²) in [5.41, 5.74) is 2.43. The van der Waals surface area contributed by atoms with E-state index < -0.39 is 0 Å². The van der Waals surface area contributed by atoms with Gasteiger partial charge in [-0.1, -0.05) is 0 Å². The first kappa shape index (κ1) is 15.2. The molecule has 1 amide bonds. The Labute approximate surface area is 123 Å². The monoisotopic (exact) mass is 294 g/mol. The van der Waals surface area contributed by atoms with Gasteiger partial charge in [-0.15, -0.1) is 0 Å². The van der Waals surface area contributed by atoms with Crippen molar-refractivity contribution >= 4 is 23.8 Å². The van der Waals surface area contributed by atoms with E-state index >= 15 is 0 Å². The Kier molecular flexibility index (Phi) is 5.09. The molecular formula is C12H22N8O. The first-order chi connectivity index (χ1) is 10.1. The van der Waals surface area contributed by atoms with Crippen molar-refractivity contribution in [2.75, 3.05) is 48.9 Å². The smallest absolute Gasteiger partial charge is 0.243 e. The van der Waals surface area contributed by atoms with Crippen LogP contribution in [0.25, 0.3) is 0 Å². The molecule has 0 aromatic carbocycles. The number of carbonyl (C=O) groups excluding carboxylic acids is 1. The van der Waals surface area contributed by atoms with Crippen molar-refractivity contribution < 1.29 is 4.79 Å². The maximum absolute atomic E-state index is 11.8. The molecule has 21 heavy (non-hydrogen) atoms. The van der Waals surface area contributed by atoms with Crippen LogP contribution < -0.4 is 21.5 Å². The van der Waals surface area contributed by atoms with Crippen molar-refractivity contribution in [1.29, 1.82) is 0 Å². The zero-order valence-corrected chi connectivity index (χ0v) is 12.5. The molecule has 1 aromatic heterocycles. The van der Waals surface area contributed by atoms with Crippen molar-refractivity contribution in [3.63, 3.8) is 0 Å². The minimum Gasteiger partial charge on any atom is -0.345 e. The van der Waals surface area contributed by atoms with E-state index in [1.54, 1.807) is 11.9 Å². The first-order valence-electron chi connectivity index (χ1n) is 7.09. The van der Waals surface area contributed by atoms with Crippen LogP contribution in [0.15, 0.2) is 0 Å². The number of nitrogens with two attached hydrogens (primary N) is 1. The molecule has 1 saturated heterocycles. The van der Waals surface area contributed by atoms with Crippen LogP contribution in [-0.2, 0) is 4.79 Å². The molecule has 4 N–H and O–H groups in total. The van der Waals surface area contributed by atoms with E-state index in [9.17, 15) is 4.79 Å². The molecule has 9 heteroatoms. The van der Waals surface area contributed by atoms with Gasteiger partial charge in [0.05, 0.1) is 6.54 Å².